The maximum atomic E-state index is 13.3. The minimum Gasteiger partial charge on any atom is -0.379 e. The highest BCUT2D eigenvalue weighted by atomic mass is 35.5. The number of carbonyl (C=O) groups excluding carboxylic acids is 4. The number of anilines is 1. The number of likely N-dealkylation sites (tertiary alicyclic amines) is 1. The van der Waals surface area contributed by atoms with Gasteiger partial charge in [-0.15, -0.1) is 0 Å². The zero-order valence-electron chi connectivity index (χ0n) is 33.4. The summed E-state index contributed by atoms with van der Waals surface area (Å²) in [6.45, 7) is 9.08. The second kappa shape index (κ2) is 23.1. The van der Waals surface area contributed by atoms with Gasteiger partial charge in [0.05, 0.1) is 45.1 Å². The average Bonchev–Trinajstić information content (AvgIpc) is 3.22. The third kappa shape index (κ3) is 14.5. The van der Waals surface area contributed by atoms with E-state index in [9.17, 15) is 19.2 Å². The van der Waals surface area contributed by atoms with Crippen LogP contribution in [0, 0.1) is 5.92 Å². The lowest BCUT2D eigenvalue weighted by Gasteiger charge is -2.34. The van der Waals surface area contributed by atoms with Gasteiger partial charge in [-0.1, -0.05) is 54.9 Å². The molecule has 2 aliphatic rings. The summed E-state index contributed by atoms with van der Waals surface area (Å²) in [7, 11) is 1.81. The highest BCUT2D eigenvalue weighted by Crippen LogP contribution is 2.25. The normalized spacial score (nSPS) is 16.1. The molecule has 1 atom stereocenters. The number of hydrogen-bond donors (Lipinski definition) is 3. The summed E-state index contributed by atoms with van der Waals surface area (Å²) in [4.78, 5) is 61.6. The Balaban J connectivity index is 0.976. The average molecular weight is 804 g/mol. The van der Waals surface area contributed by atoms with E-state index in [1.807, 2.05) is 29.2 Å². The standard InChI is InChI=1S/C43H58ClN7O6/c1-3-32-6-4-8-35(26-32)36-28-38(48-39(52)31-45-29-34-13-17-49(2)41(54)27-34)42(47-30-36)43(55)46-15-23-57-25-24-56-22-14-40(53)51-20-18-50(19-21-51)16-5-7-33-9-11-37(44)12-10-33/h4,6,8-12,26,28,30,34,45H,3,5,7,13-25,27,29,31H2,1-2H3,(H,46,55)(H,48,52). The van der Waals surface area contributed by atoms with Gasteiger partial charge in [0, 0.05) is 69.5 Å². The van der Waals surface area contributed by atoms with Crippen LogP contribution in [-0.2, 0) is 36.7 Å². The minimum atomic E-state index is -0.436. The molecule has 2 aliphatic heterocycles. The van der Waals surface area contributed by atoms with E-state index in [0.717, 1.165) is 80.1 Å². The maximum Gasteiger partial charge on any atom is 0.272 e. The lowest BCUT2D eigenvalue weighted by atomic mass is 9.96. The monoisotopic (exact) mass is 803 g/mol. The number of rotatable bonds is 21. The summed E-state index contributed by atoms with van der Waals surface area (Å²) in [6, 6.07) is 17.9. The molecule has 0 radical (unpaired) electrons. The summed E-state index contributed by atoms with van der Waals surface area (Å²) in [6.07, 6.45) is 6.27. The SMILES string of the molecule is CCc1cccc(-c2cnc(C(=O)NCCOCCOCCC(=O)N3CCN(CCCc4ccc(Cl)cc4)CC3)c(NC(=O)CNCC3CCN(C)C(=O)C3)c2)c1. The first kappa shape index (κ1) is 43.7. The van der Waals surface area contributed by atoms with Crippen molar-refractivity contribution in [1.29, 1.82) is 0 Å². The molecule has 1 aromatic heterocycles. The van der Waals surface area contributed by atoms with Crippen molar-refractivity contribution in [1.82, 2.24) is 30.3 Å². The maximum absolute atomic E-state index is 13.3. The molecule has 4 amide bonds. The third-order valence-corrected chi connectivity index (χ3v) is 10.7. The Bertz CT molecular complexity index is 1770. The fourth-order valence-electron chi connectivity index (χ4n) is 6.97. The summed E-state index contributed by atoms with van der Waals surface area (Å²) < 4.78 is 11.3. The number of aromatic nitrogens is 1. The van der Waals surface area contributed by atoms with Crippen LogP contribution >= 0.6 is 11.6 Å². The Labute approximate surface area is 341 Å². The van der Waals surface area contributed by atoms with E-state index in [0.29, 0.717) is 51.4 Å². The molecule has 0 spiro atoms. The molecule has 13 nitrogen and oxygen atoms in total. The molecule has 3 aromatic rings. The van der Waals surface area contributed by atoms with Crippen LogP contribution in [0.15, 0.2) is 60.8 Å². The molecule has 3 N–H and O–H groups in total. The summed E-state index contributed by atoms with van der Waals surface area (Å²) >= 11 is 5.98. The van der Waals surface area contributed by atoms with E-state index < -0.39 is 5.91 Å². The van der Waals surface area contributed by atoms with E-state index in [1.54, 1.807) is 24.2 Å². The van der Waals surface area contributed by atoms with Crippen molar-refractivity contribution < 1.29 is 28.7 Å². The van der Waals surface area contributed by atoms with Crippen molar-refractivity contribution in [3.8, 4) is 11.1 Å². The lowest BCUT2D eigenvalue weighted by Crippen LogP contribution is -2.49. The van der Waals surface area contributed by atoms with Gasteiger partial charge in [0.1, 0.15) is 0 Å². The molecule has 0 aliphatic carbocycles. The van der Waals surface area contributed by atoms with Crippen molar-refractivity contribution in [3.63, 3.8) is 0 Å². The van der Waals surface area contributed by atoms with Crippen molar-refractivity contribution in [2.24, 2.45) is 5.92 Å². The van der Waals surface area contributed by atoms with Crippen molar-refractivity contribution in [3.05, 3.63) is 82.6 Å². The number of aryl methyl sites for hydroxylation is 2. The third-order valence-electron chi connectivity index (χ3n) is 10.5. The minimum absolute atomic E-state index is 0.0330. The smallest absolute Gasteiger partial charge is 0.272 e. The van der Waals surface area contributed by atoms with E-state index >= 15 is 0 Å². The topological polar surface area (TPSA) is 145 Å². The molecular formula is C43H58ClN7O6. The second-order valence-electron chi connectivity index (χ2n) is 14.7. The van der Waals surface area contributed by atoms with Crippen LogP contribution in [0.4, 0.5) is 5.69 Å². The van der Waals surface area contributed by atoms with Gasteiger partial charge in [0.15, 0.2) is 5.69 Å². The molecular weight excluding hydrogens is 746 g/mol. The predicted molar refractivity (Wildman–Crippen MR) is 222 cm³/mol. The summed E-state index contributed by atoms with van der Waals surface area (Å²) in [5.74, 6) is -0.350. The predicted octanol–water partition coefficient (Wildman–Crippen LogP) is 4.29. The van der Waals surface area contributed by atoms with Crippen LogP contribution in [0.25, 0.3) is 11.1 Å². The van der Waals surface area contributed by atoms with Crippen molar-refractivity contribution in [2.45, 2.75) is 45.4 Å². The fraction of sp³-hybridized carbons (Fsp3) is 0.512. The van der Waals surface area contributed by atoms with E-state index in [2.05, 4.69) is 57.0 Å². The number of nitrogens with one attached hydrogen (secondary N) is 3. The number of halogens is 1. The van der Waals surface area contributed by atoms with Gasteiger partial charge in [-0.05, 0) is 79.6 Å². The lowest BCUT2D eigenvalue weighted by molar-refractivity contribution is -0.134. The molecule has 2 saturated heterocycles. The van der Waals surface area contributed by atoms with E-state index in [4.69, 9.17) is 21.1 Å². The zero-order valence-corrected chi connectivity index (χ0v) is 34.2. The van der Waals surface area contributed by atoms with Crippen LogP contribution in [0.3, 0.4) is 0 Å². The number of piperidine rings is 1. The fourth-order valence-corrected chi connectivity index (χ4v) is 7.10. The number of piperazine rings is 1. The number of hydrogen-bond acceptors (Lipinski definition) is 9. The van der Waals surface area contributed by atoms with Gasteiger partial charge in [-0.3, -0.25) is 24.1 Å². The Morgan fingerprint density at radius 3 is 2.44 bits per heavy atom. The van der Waals surface area contributed by atoms with Gasteiger partial charge in [-0.2, -0.15) is 0 Å². The van der Waals surface area contributed by atoms with Crippen molar-refractivity contribution in [2.75, 3.05) is 97.7 Å². The van der Waals surface area contributed by atoms with Gasteiger partial charge >= 0.3 is 0 Å². The number of amides is 4. The quantitative estimate of drug-likeness (QED) is 0.134. The first-order chi connectivity index (χ1) is 27.7. The largest absolute Gasteiger partial charge is 0.379 e. The van der Waals surface area contributed by atoms with Crippen molar-refractivity contribution >= 4 is 40.9 Å². The highest BCUT2D eigenvalue weighted by Gasteiger charge is 2.24. The zero-order chi connectivity index (χ0) is 40.4. The van der Waals surface area contributed by atoms with Crippen LogP contribution in [0.2, 0.25) is 5.02 Å². The molecule has 57 heavy (non-hydrogen) atoms. The molecule has 2 fully saturated rings. The first-order valence-corrected chi connectivity index (χ1v) is 20.6. The molecule has 2 aromatic carbocycles. The van der Waals surface area contributed by atoms with Crippen LogP contribution in [-0.4, -0.2) is 136 Å². The second-order valence-corrected chi connectivity index (χ2v) is 15.1. The molecule has 14 heteroatoms. The summed E-state index contributed by atoms with van der Waals surface area (Å²) in [5.41, 5.74) is 4.58. The number of benzene rings is 2. The molecule has 308 valence electrons. The highest BCUT2D eigenvalue weighted by molar-refractivity contribution is 6.30. The Kier molecular flexibility index (Phi) is 17.7. The van der Waals surface area contributed by atoms with Gasteiger partial charge in [0.2, 0.25) is 17.7 Å². The van der Waals surface area contributed by atoms with Gasteiger partial charge < -0.3 is 35.2 Å². The first-order valence-electron chi connectivity index (χ1n) is 20.2. The van der Waals surface area contributed by atoms with Gasteiger partial charge in [-0.25, -0.2) is 4.98 Å². The molecule has 0 saturated carbocycles. The van der Waals surface area contributed by atoms with Crippen LogP contribution in [0.1, 0.15) is 54.2 Å². The number of pyridine rings is 1. The number of carbonyl (C=O) groups is 4. The number of nitrogens with zero attached hydrogens (tertiary/aromatic N) is 4. The molecule has 0 bridgehead atoms. The Morgan fingerprint density at radius 2 is 1.68 bits per heavy atom. The molecule has 3 heterocycles. The molecule has 5 rings (SSSR count). The number of ether oxygens (including phenoxy) is 2. The summed E-state index contributed by atoms with van der Waals surface area (Å²) in [5, 5.41) is 9.63. The van der Waals surface area contributed by atoms with Crippen LogP contribution < -0.4 is 16.0 Å². The van der Waals surface area contributed by atoms with E-state index in [1.165, 1.54) is 5.56 Å². The molecule has 1 unspecified atom stereocenters. The van der Waals surface area contributed by atoms with Crippen LogP contribution in [0.5, 0.6) is 0 Å². The Hall–Kier alpha value is -4.40. The van der Waals surface area contributed by atoms with Gasteiger partial charge in [0.25, 0.3) is 5.91 Å². The Morgan fingerprint density at radius 1 is 0.912 bits per heavy atom. The van der Waals surface area contributed by atoms with E-state index in [-0.39, 0.29) is 49.0 Å².